The van der Waals surface area contributed by atoms with Gasteiger partial charge in [-0.25, -0.2) is 0 Å². The van der Waals surface area contributed by atoms with E-state index in [9.17, 15) is 0 Å². The zero-order chi connectivity index (χ0) is 12.8. The largest absolute Gasteiger partial charge is 0.372 e. The third kappa shape index (κ3) is 4.11. The first-order chi connectivity index (χ1) is 8.75. The second-order valence-corrected chi connectivity index (χ2v) is 5.63. The monoisotopic (exact) mass is 247 g/mol. The highest BCUT2D eigenvalue weighted by atomic mass is 16.5. The maximum Gasteiger partial charge on any atom is 0.0951 e. The molecule has 1 aromatic rings. The second kappa shape index (κ2) is 6.91. The Morgan fingerprint density at radius 3 is 2.39 bits per heavy atom. The molecule has 1 aliphatic heterocycles. The normalized spacial score (nSPS) is 18.4. The summed E-state index contributed by atoms with van der Waals surface area (Å²) in [6, 6.07) is 10.6. The Morgan fingerprint density at radius 1 is 1.11 bits per heavy atom. The molecule has 1 aromatic carbocycles. The van der Waals surface area contributed by atoms with Crippen LogP contribution in [0.2, 0.25) is 0 Å². The first-order valence-corrected chi connectivity index (χ1v) is 7.14. The lowest BCUT2D eigenvalue weighted by molar-refractivity contribution is 0.0151. The Hall–Kier alpha value is -0.860. The van der Waals surface area contributed by atoms with Crippen LogP contribution in [0.15, 0.2) is 30.3 Å². The Balaban J connectivity index is 1.97. The van der Waals surface area contributed by atoms with Gasteiger partial charge in [-0.1, -0.05) is 44.2 Å². The van der Waals surface area contributed by atoms with Gasteiger partial charge in [0.1, 0.15) is 0 Å². The highest BCUT2D eigenvalue weighted by Crippen LogP contribution is 2.21. The van der Waals surface area contributed by atoms with Crippen LogP contribution in [-0.4, -0.2) is 31.1 Å². The highest BCUT2D eigenvalue weighted by Gasteiger charge is 2.19. The van der Waals surface area contributed by atoms with Crippen molar-refractivity contribution in [2.75, 3.05) is 26.2 Å². The molecule has 2 rings (SSSR count). The summed E-state index contributed by atoms with van der Waals surface area (Å²) in [5, 5.41) is 0. The van der Waals surface area contributed by atoms with E-state index < -0.39 is 0 Å². The van der Waals surface area contributed by atoms with E-state index >= 15 is 0 Å². The van der Waals surface area contributed by atoms with Crippen molar-refractivity contribution >= 4 is 0 Å². The van der Waals surface area contributed by atoms with E-state index in [0.29, 0.717) is 5.92 Å². The van der Waals surface area contributed by atoms with Crippen LogP contribution < -0.4 is 0 Å². The van der Waals surface area contributed by atoms with Crippen LogP contribution >= 0.6 is 0 Å². The van der Waals surface area contributed by atoms with E-state index in [1.807, 2.05) is 0 Å². The molecule has 1 unspecified atom stereocenters. The van der Waals surface area contributed by atoms with Crippen molar-refractivity contribution in [3.8, 4) is 0 Å². The summed E-state index contributed by atoms with van der Waals surface area (Å²) in [4.78, 5) is 2.53. The van der Waals surface area contributed by atoms with Gasteiger partial charge in [0.25, 0.3) is 0 Å². The quantitative estimate of drug-likeness (QED) is 0.763. The number of rotatable bonds is 6. The van der Waals surface area contributed by atoms with Gasteiger partial charge in [-0.2, -0.15) is 0 Å². The zero-order valence-corrected chi connectivity index (χ0v) is 11.6. The smallest absolute Gasteiger partial charge is 0.0951 e. The molecule has 0 amide bonds. The molecule has 1 atom stereocenters. The number of hydrogen-bond acceptors (Lipinski definition) is 2. The number of benzene rings is 1. The summed E-state index contributed by atoms with van der Waals surface area (Å²) in [7, 11) is 0. The van der Waals surface area contributed by atoms with Crippen molar-refractivity contribution in [3.63, 3.8) is 0 Å². The van der Waals surface area contributed by atoms with Gasteiger partial charge >= 0.3 is 0 Å². The molecule has 0 radical (unpaired) electrons. The van der Waals surface area contributed by atoms with Crippen molar-refractivity contribution in [2.45, 2.75) is 32.8 Å². The summed E-state index contributed by atoms with van der Waals surface area (Å²) < 4.78 is 6.11. The molecule has 0 bridgehead atoms. The lowest BCUT2D eigenvalue weighted by atomic mass is 10.1. The number of ether oxygens (including phenoxy) is 1. The molecule has 0 aliphatic carbocycles. The fraction of sp³-hybridized carbons (Fsp3) is 0.625. The molecule has 0 saturated carbocycles. The molecule has 2 nitrogen and oxygen atoms in total. The van der Waals surface area contributed by atoms with Crippen LogP contribution in [0.1, 0.15) is 38.4 Å². The second-order valence-electron chi connectivity index (χ2n) is 5.63. The van der Waals surface area contributed by atoms with Crippen molar-refractivity contribution < 1.29 is 4.74 Å². The first-order valence-electron chi connectivity index (χ1n) is 7.14. The molecule has 0 N–H and O–H groups in total. The standard InChI is InChI=1S/C16H25NO/c1-14(2)13-18-16(12-17-10-6-7-11-17)15-8-4-3-5-9-15/h3-5,8-9,14,16H,6-7,10-13H2,1-2H3. The van der Waals surface area contributed by atoms with Crippen molar-refractivity contribution in [1.82, 2.24) is 4.90 Å². The zero-order valence-electron chi connectivity index (χ0n) is 11.6. The molecule has 1 fully saturated rings. The third-order valence-corrected chi connectivity index (χ3v) is 3.42. The van der Waals surface area contributed by atoms with Gasteiger partial charge in [0.15, 0.2) is 0 Å². The average molecular weight is 247 g/mol. The molecule has 0 aromatic heterocycles. The molecule has 1 aliphatic rings. The highest BCUT2D eigenvalue weighted by molar-refractivity contribution is 5.18. The van der Waals surface area contributed by atoms with Crippen molar-refractivity contribution in [2.24, 2.45) is 5.92 Å². The predicted octanol–water partition coefficient (Wildman–Crippen LogP) is 3.50. The van der Waals surface area contributed by atoms with Gasteiger partial charge in [0, 0.05) is 13.2 Å². The molecule has 2 heteroatoms. The SMILES string of the molecule is CC(C)COC(CN1CCCC1)c1ccccc1. The van der Waals surface area contributed by atoms with Crippen LogP contribution in [0.4, 0.5) is 0 Å². The Morgan fingerprint density at radius 2 is 1.78 bits per heavy atom. The van der Waals surface area contributed by atoms with E-state index in [1.165, 1.54) is 31.5 Å². The topological polar surface area (TPSA) is 12.5 Å². The Kier molecular flexibility index (Phi) is 5.21. The number of likely N-dealkylation sites (tertiary alicyclic amines) is 1. The minimum Gasteiger partial charge on any atom is -0.372 e. The maximum atomic E-state index is 6.11. The van der Waals surface area contributed by atoms with Crippen LogP contribution in [0.25, 0.3) is 0 Å². The lowest BCUT2D eigenvalue weighted by Crippen LogP contribution is -2.27. The van der Waals surface area contributed by atoms with Crippen LogP contribution in [-0.2, 0) is 4.74 Å². The van der Waals surface area contributed by atoms with Crippen LogP contribution in [0.5, 0.6) is 0 Å². The van der Waals surface area contributed by atoms with Gasteiger partial charge in [0.05, 0.1) is 6.10 Å². The predicted molar refractivity (Wildman–Crippen MR) is 75.6 cm³/mol. The molecule has 18 heavy (non-hydrogen) atoms. The van der Waals surface area contributed by atoms with Crippen molar-refractivity contribution in [3.05, 3.63) is 35.9 Å². The van der Waals surface area contributed by atoms with Gasteiger partial charge in [-0.05, 0) is 37.4 Å². The molecule has 100 valence electrons. The van der Waals surface area contributed by atoms with Crippen LogP contribution in [0.3, 0.4) is 0 Å². The van der Waals surface area contributed by atoms with E-state index in [4.69, 9.17) is 4.74 Å². The van der Waals surface area contributed by atoms with Gasteiger partial charge in [0.2, 0.25) is 0 Å². The van der Waals surface area contributed by atoms with E-state index in [1.54, 1.807) is 0 Å². The van der Waals surface area contributed by atoms with E-state index in [0.717, 1.165) is 13.2 Å². The number of hydrogen-bond donors (Lipinski definition) is 0. The van der Waals surface area contributed by atoms with Gasteiger partial charge in [-0.3, -0.25) is 0 Å². The first kappa shape index (κ1) is 13.6. The molecular weight excluding hydrogens is 222 g/mol. The molecule has 1 saturated heterocycles. The summed E-state index contributed by atoms with van der Waals surface area (Å²) in [5.41, 5.74) is 1.31. The average Bonchev–Trinajstić information content (AvgIpc) is 2.88. The fourth-order valence-corrected chi connectivity index (χ4v) is 2.43. The fourth-order valence-electron chi connectivity index (χ4n) is 2.43. The Bertz CT molecular complexity index is 330. The van der Waals surface area contributed by atoms with Crippen molar-refractivity contribution in [1.29, 1.82) is 0 Å². The van der Waals surface area contributed by atoms with Gasteiger partial charge in [-0.15, -0.1) is 0 Å². The minimum atomic E-state index is 0.228. The van der Waals surface area contributed by atoms with E-state index in [2.05, 4.69) is 49.1 Å². The molecule has 0 spiro atoms. The summed E-state index contributed by atoms with van der Waals surface area (Å²) in [6.45, 7) is 8.75. The van der Waals surface area contributed by atoms with Gasteiger partial charge < -0.3 is 9.64 Å². The minimum absolute atomic E-state index is 0.228. The van der Waals surface area contributed by atoms with Crippen LogP contribution in [0, 0.1) is 5.92 Å². The molecular formula is C16H25NO. The summed E-state index contributed by atoms with van der Waals surface area (Å²) >= 11 is 0. The summed E-state index contributed by atoms with van der Waals surface area (Å²) in [5.74, 6) is 0.592. The lowest BCUT2D eigenvalue weighted by Gasteiger charge is -2.25. The molecule has 1 heterocycles. The Labute approximate surface area is 111 Å². The maximum absolute atomic E-state index is 6.11. The summed E-state index contributed by atoms with van der Waals surface area (Å²) in [6.07, 6.45) is 2.91. The number of nitrogens with zero attached hydrogens (tertiary/aromatic N) is 1. The third-order valence-electron chi connectivity index (χ3n) is 3.42. The van der Waals surface area contributed by atoms with E-state index in [-0.39, 0.29) is 6.10 Å².